The van der Waals surface area contributed by atoms with Crippen molar-refractivity contribution in [3.05, 3.63) is 59.1 Å². The maximum absolute atomic E-state index is 11.9. The molecule has 7 heteroatoms. The predicted octanol–water partition coefficient (Wildman–Crippen LogP) is 2.14. The fourth-order valence-corrected chi connectivity index (χ4v) is 2.21. The van der Waals surface area contributed by atoms with Gasteiger partial charge in [0.1, 0.15) is 6.33 Å². The van der Waals surface area contributed by atoms with E-state index in [9.17, 15) is 4.79 Å². The average molecular weight is 316 g/mol. The van der Waals surface area contributed by atoms with Crippen molar-refractivity contribution < 1.29 is 4.79 Å². The van der Waals surface area contributed by atoms with Crippen LogP contribution in [0.2, 0.25) is 5.02 Å². The summed E-state index contributed by atoms with van der Waals surface area (Å²) in [6.45, 7) is 0.594. The highest BCUT2D eigenvalue weighted by Gasteiger charge is 2.04. The summed E-state index contributed by atoms with van der Waals surface area (Å²) < 4.78 is 1.64. The Kier molecular flexibility index (Phi) is 4.29. The van der Waals surface area contributed by atoms with Gasteiger partial charge in [-0.3, -0.25) is 4.79 Å². The number of carbonyl (C=O) groups excluding carboxylic acids is 1. The topological polar surface area (TPSA) is 72.2 Å². The molecule has 0 aliphatic carbocycles. The SMILES string of the molecule is O=C(NCCCc1cnc2ncnn2c1)c1ccc(Cl)cc1. The Bertz CT molecular complexity index is 784. The van der Waals surface area contributed by atoms with Gasteiger partial charge in [-0.2, -0.15) is 10.1 Å². The van der Waals surface area contributed by atoms with E-state index in [1.807, 2.05) is 6.20 Å². The fourth-order valence-electron chi connectivity index (χ4n) is 2.09. The molecule has 2 heterocycles. The molecule has 0 radical (unpaired) electrons. The summed E-state index contributed by atoms with van der Waals surface area (Å²) >= 11 is 5.80. The second kappa shape index (κ2) is 6.53. The molecule has 1 aromatic carbocycles. The van der Waals surface area contributed by atoms with Crippen molar-refractivity contribution in [2.24, 2.45) is 0 Å². The zero-order valence-electron chi connectivity index (χ0n) is 11.7. The zero-order chi connectivity index (χ0) is 15.4. The molecule has 0 aliphatic rings. The molecule has 3 aromatic rings. The van der Waals surface area contributed by atoms with Gasteiger partial charge in [0.2, 0.25) is 0 Å². The molecular formula is C15H14ClN5O. The number of aromatic nitrogens is 4. The summed E-state index contributed by atoms with van der Waals surface area (Å²) in [4.78, 5) is 20.1. The molecule has 0 spiro atoms. The van der Waals surface area contributed by atoms with Crippen LogP contribution in [-0.2, 0) is 6.42 Å². The lowest BCUT2D eigenvalue weighted by Gasteiger charge is -2.05. The molecule has 0 fully saturated rings. The molecule has 0 bridgehead atoms. The number of benzene rings is 1. The number of hydrogen-bond donors (Lipinski definition) is 1. The molecule has 2 aromatic heterocycles. The minimum Gasteiger partial charge on any atom is -0.352 e. The number of nitrogens with one attached hydrogen (secondary N) is 1. The largest absolute Gasteiger partial charge is 0.352 e. The van der Waals surface area contributed by atoms with Gasteiger partial charge in [-0.15, -0.1) is 0 Å². The van der Waals surface area contributed by atoms with Crippen molar-refractivity contribution in [3.63, 3.8) is 0 Å². The van der Waals surface area contributed by atoms with Crippen molar-refractivity contribution in [2.75, 3.05) is 6.54 Å². The predicted molar refractivity (Wildman–Crippen MR) is 82.9 cm³/mol. The lowest BCUT2D eigenvalue weighted by molar-refractivity contribution is 0.0953. The van der Waals surface area contributed by atoms with Gasteiger partial charge >= 0.3 is 0 Å². The van der Waals surface area contributed by atoms with Crippen molar-refractivity contribution in [2.45, 2.75) is 12.8 Å². The van der Waals surface area contributed by atoms with Gasteiger partial charge in [-0.1, -0.05) is 11.6 Å². The van der Waals surface area contributed by atoms with Crippen LogP contribution in [0.3, 0.4) is 0 Å². The van der Waals surface area contributed by atoms with E-state index in [0.717, 1.165) is 18.4 Å². The third kappa shape index (κ3) is 3.40. The highest BCUT2D eigenvalue weighted by atomic mass is 35.5. The number of rotatable bonds is 5. The van der Waals surface area contributed by atoms with Crippen molar-refractivity contribution in [1.29, 1.82) is 0 Å². The Morgan fingerprint density at radius 2 is 2.05 bits per heavy atom. The Hall–Kier alpha value is -2.47. The highest BCUT2D eigenvalue weighted by molar-refractivity contribution is 6.30. The average Bonchev–Trinajstić information content (AvgIpc) is 2.99. The van der Waals surface area contributed by atoms with Crippen LogP contribution in [0, 0.1) is 0 Å². The number of hydrogen-bond acceptors (Lipinski definition) is 4. The summed E-state index contributed by atoms with van der Waals surface area (Å²) in [5.41, 5.74) is 1.66. The van der Waals surface area contributed by atoms with E-state index < -0.39 is 0 Å². The first-order chi connectivity index (χ1) is 10.7. The van der Waals surface area contributed by atoms with Crippen LogP contribution >= 0.6 is 11.6 Å². The standard InChI is InChI=1S/C15H14ClN5O/c16-13-5-3-12(4-6-13)14(22)17-7-1-2-11-8-18-15-19-10-20-21(15)9-11/h3-6,8-10H,1-2,7H2,(H,17,22). The van der Waals surface area contributed by atoms with Gasteiger partial charge in [0, 0.05) is 29.5 Å². The lowest BCUT2D eigenvalue weighted by Crippen LogP contribution is -2.24. The molecule has 0 saturated carbocycles. The lowest BCUT2D eigenvalue weighted by atomic mass is 10.2. The van der Waals surface area contributed by atoms with E-state index in [1.165, 1.54) is 6.33 Å². The van der Waals surface area contributed by atoms with Gasteiger partial charge < -0.3 is 5.32 Å². The summed E-state index contributed by atoms with van der Waals surface area (Å²) in [5, 5.41) is 7.55. The molecule has 22 heavy (non-hydrogen) atoms. The van der Waals surface area contributed by atoms with Gasteiger partial charge in [-0.05, 0) is 42.7 Å². The summed E-state index contributed by atoms with van der Waals surface area (Å²) in [6.07, 6.45) is 6.78. The van der Waals surface area contributed by atoms with Crippen LogP contribution < -0.4 is 5.32 Å². The molecule has 3 rings (SSSR count). The van der Waals surface area contributed by atoms with Crippen molar-refractivity contribution in [1.82, 2.24) is 24.9 Å². The van der Waals surface area contributed by atoms with Gasteiger partial charge in [0.05, 0.1) is 0 Å². The Balaban J connectivity index is 1.48. The zero-order valence-corrected chi connectivity index (χ0v) is 12.5. The Morgan fingerprint density at radius 1 is 1.23 bits per heavy atom. The summed E-state index contributed by atoms with van der Waals surface area (Å²) in [5.74, 6) is 0.487. The second-order valence-electron chi connectivity index (χ2n) is 4.83. The fraction of sp³-hybridized carbons (Fsp3) is 0.200. The van der Waals surface area contributed by atoms with E-state index in [-0.39, 0.29) is 5.91 Å². The maximum atomic E-state index is 11.9. The first kappa shape index (κ1) is 14.5. The van der Waals surface area contributed by atoms with Crippen molar-refractivity contribution in [3.8, 4) is 0 Å². The number of halogens is 1. The molecule has 0 aliphatic heterocycles. The molecule has 0 saturated heterocycles. The van der Waals surface area contributed by atoms with Crippen LogP contribution in [0.15, 0.2) is 43.0 Å². The molecule has 0 atom stereocenters. The van der Waals surface area contributed by atoms with Gasteiger partial charge in [0.15, 0.2) is 0 Å². The Labute approximate surface area is 132 Å². The van der Waals surface area contributed by atoms with Crippen LogP contribution in [0.1, 0.15) is 22.3 Å². The van der Waals surface area contributed by atoms with Crippen LogP contribution in [0.5, 0.6) is 0 Å². The molecule has 112 valence electrons. The number of aryl methyl sites for hydroxylation is 1. The summed E-state index contributed by atoms with van der Waals surface area (Å²) in [7, 11) is 0. The summed E-state index contributed by atoms with van der Waals surface area (Å²) in [6, 6.07) is 6.82. The van der Waals surface area contributed by atoms with Gasteiger partial charge in [-0.25, -0.2) is 9.50 Å². The monoisotopic (exact) mass is 315 g/mol. The molecule has 1 amide bonds. The quantitative estimate of drug-likeness (QED) is 0.732. The Morgan fingerprint density at radius 3 is 2.86 bits per heavy atom. The number of carbonyl (C=O) groups is 1. The maximum Gasteiger partial charge on any atom is 0.252 e. The molecule has 6 nitrogen and oxygen atoms in total. The first-order valence-electron chi connectivity index (χ1n) is 6.90. The molecule has 1 N–H and O–H groups in total. The van der Waals surface area contributed by atoms with Gasteiger partial charge in [0.25, 0.3) is 11.7 Å². The number of fused-ring (bicyclic) bond motifs is 1. The third-order valence-corrected chi connectivity index (χ3v) is 3.47. The van der Waals surface area contributed by atoms with E-state index in [2.05, 4.69) is 20.4 Å². The minimum absolute atomic E-state index is 0.0958. The number of amides is 1. The van der Waals surface area contributed by atoms with Crippen LogP contribution in [-0.4, -0.2) is 32.0 Å². The number of nitrogens with zero attached hydrogens (tertiary/aromatic N) is 4. The van der Waals surface area contributed by atoms with Crippen LogP contribution in [0.25, 0.3) is 5.78 Å². The molecular weight excluding hydrogens is 302 g/mol. The van der Waals surface area contributed by atoms with E-state index >= 15 is 0 Å². The first-order valence-corrected chi connectivity index (χ1v) is 7.28. The van der Waals surface area contributed by atoms with E-state index in [4.69, 9.17) is 11.6 Å². The van der Waals surface area contributed by atoms with Crippen molar-refractivity contribution >= 4 is 23.3 Å². The normalized spacial score (nSPS) is 10.8. The third-order valence-electron chi connectivity index (χ3n) is 3.22. The minimum atomic E-state index is -0.0958. The smallest absolute Gasteiger partial charge is 0.252 e. The molecule has 0 unspecified atom stereocenters. The van der Waals surface area contributed by atoms with Crippen LogP contribution in [0.4, 0.5) is 0 Å². The highest BCUT2D eigenvalue weighted by Crippen LogP contribution is 2.09. The van der Waals surface area contributed by atoms with E-state index in [0.29, 0.717) is 22.9 Å². The van der Waals surface area contributed by atoms with E-state index in [1.54, 1.807) is 35.0 Å². The second-order valence-corrected chi connectivity index (χ2v) is 5.27.